The Morgan fingerprint density at radius 1 is 1.00 bits per heavy atom. The number of hydrogen-bond acceptors (Lipinski definition) is 2. The summed E-state index contributed by atoms with van der Waals surface area (Å²) in [5.41, 5.74) is 5.03. The number of aromatic carboxylic acids is 1. The van der Waals surface area contributed by atoms with Crippen LogP contribution in [0.25, 0.3) is 16.9 Å². The number of carboxylic acids is 1. The minimum absolute atomic E-state index is 0.0375. The molecule has 0 bridgehead atoms. The van der Waals surface area contributed by atoms with Crippen LogP contribution in [0.2, 0.25) is 0 Å². The van der Waals surface area contributed by atoms with Gasteiger partial charge in [-0.15, -0.1) is 0 Å². The van der Waals surface area contributed by atoms with Crippen molar-refractivity contribution in [1.82, 2.24) is 9.78 Å². The average molecular weight is 334 g/mol. The quantitative estimate of drug-likeness (QED) is 0.745. The fourth-order valence-electron chi connectivity index (χ4n) is 2.72. The Morgan fingerprint density at radius 3 is 2.12 bits per heavy atom. The molecule has 0 spiro atoms. The van der Waals surface area contributed by atoms with E-state index >= 15 is 0 Å². The van der Waals surface area contributed by atoms with Crippen molar-refractivity contribution in [1.29, 1.82) is 0 Å². The molecule has 3 rings (SSSR count). The summed E-state index contributed by atoms with van der Waals surface area (Å²) in [6.45, 7) is 8.52. The second-order valence-corrected chi connectivity index (χ2v) is 7.29. The second-order valence-electron chi connectivity index (χ2n) is 7.29. The van der Waals surface area contributed by atoms with Crippen LogP contribution in [0, 0.1) is 6.92 Å². The number of carboxylic acid groups (broad SMARTS) is 1. The molecule has 0 amide bonds. The minimum atomic E-state index is -1.03. The molecule has 0 atom stereocenters. The highest BCUT2D eigenvalue weighted by Crippen LogP contribution is 2.28. The number of hydrogen-bond donors (Lipinski definition) is 1. The van der Waals surface area contributed by atoms with Crippen LogP contribution in [-0.4, -0.2) is 20.9 Å². The molecule has 1 heterocycles. The van der Waals surface area contributed by atoms with Crippen molar-refractivity contribution in [3.05, 3.63) is 71.4 Å². The maximum atomic E-state index is 11.4. The molecule has 4 heteroatoms. The van der Waals surface area contributed by atoms with Gasteiger partial charge in [0, 0.05) is 5.56 Å². The first-order valence-electron chi connectivity index (χ1n) is 8.27. The van der Waals surface area contributed by atoms with Crippen molar-refractivity contribution in [3.8, 4) is 16.9 Å². The van der Waals surface area contributed by atoms with E-state index in [1.165, 1.54) is 5.56 Å². The fourth-order valence-corrected chi connectivity index (χ4v) is 2.72. The van der Waals surface area contributed by atoms with Gasteiger partial charge in [0.2, 0.25) is 0 Å². The Balaban J connectivity index is 2.11. The second kappa shape index (κ2) is 6.20. The van der Waals surface area contributed by atoms with Crippen molar-refractivity contribution in [2.24, 2.45) is 0 Å². The number of benzene rings is 2. The standard InChI is InChI=1S/C21H22N2O2/c1-14-5-11-17(12-6-14)23-19(13-18(22-23)20(24)25)15-7-9-16(10-8-15)21(2,3)4/h5-13H,1-4H3,(H,24,25). The molecule has 4 nitrogen and oxygen atoms in total. The van der Waals surface area contributed by atoms with Crippen molar-refractivity contribution in [2.45, 2.75) is 33.1 Å². The van der Waals surface area contributed by atoms with E-state index in [0.717, 1.165) is 22.5 Å². The molecule has 25 heavy (non-hydrogen) atoms. The summed E-state index contributed by atoms with van der Waals surface area (Å²) in [5, 5.41) is 13.6. The zero-order valence-electron chi connectivity index (χ0n) is 14.9. The highest BCUT2D eigenvalue weighted by molar-refractivity contribution is 5.87. The van der Waals surface area contributed by atoms with Crippen LogP contribution in [0.4, 0.5) is 0 Å². The molecule has 2 aromatic carbocycles. The van der Waals surface area contributed by atoms with E-state index < -0.39 is 5.97 Å². The zero-order chi connectivity index (χ0) is 18.2. The molecule has 1 aromatic heterocycles. The Labute approximate surface area is 147 Å². The number of carbonyl (C=O) groups is 1. The van der Waals surface area contributed by atoms with Crippen LogP contribution >= 0.6 is 0 Å². The summed E-state index contributed by atoms with van der Waals surface area (Å²) in [5.74, 6) is -1.03. The summed E-state index contributed by atoms with van der Waals surface area (Å²) in [7, 11) is 0. The Kier molecular flexibility index (Phi) is 4.21. The summed E-state index contributed by atoms with van der Waals surface area (Å²) in [6, 6.07) is 17.7. The van der Waals surface area contributed by atoms with Crippen LogP contribution in [0.5, 0.6) is 0 Å². The smallest absolute Gasteiger partial charge is 0.356 e. The topological polar surface area (TPSA) is 55.1 Å². The maximum Gasteiger partial charge on any atom is 0.356 e. The SMILES string of the molecule is Cc1ccc(-n2nc(C(=O)O)cc2-c2ccc(C(C)(C)C)cc2)cc1. The molecule has 0 aliphatic carbocycles. The van der Waals surface area contributed by atoms with Gasteiger partial charge in [0.25, 0.3) is 0 Å². The Hall–Kier alpha value is -2.88. The van der Waals surface area contributed by atoms with Crippen LogP contribution < -0.4 is 0 Å². The lowest BCUT2D eigenvalue weighted by molar-refractivity contribution is 0.0690. The lowest BCUT2D eigenvalue weighted by Gasteiger charge is -2.19. The Morgan fingerprint density at radius 2 is 1.60 bits per heavy atom. The predicted molar refractivity (Wildman–Crippen MR) is 99.4 cm³/mol. The zero-order valence-corrected chi connectivity index (χ0v) is 14.9. The first-order chi connectivity index (χ1) is 11.8. The van der Waals surface area contributed by atoms with E-state index in [4.69, 9.17) is 0 Å². The van der Waals surface area contributed by atoms with Gasteiger partial charge in [0.1, 0.15) is 0 Å². The highest BCUT2D eigenvalue weighted by atomic mass is 16.4. The average Bonchev–Trinajstić information content (AvgIpc) is 3.00. The minimum Gasteiger partial charge on any atom is -0.476 e. The summed E-state index contributed by atoms with van der Waals surface area (Å²) in [6.07, 6.45) is 0. The molecule has 0 saturated carbocycles. The predicted octanol–water partition coefficient (Wildman–Crippen LogP) is 4.84. The maximum absolute atomic E-state index is 11.4. The number of rotatable bonds is 3. The van der Waals surface area contributed by atoms with Gasteiger partial charge in [-0.05, 0) is 36.1 Å². The van der Waals surface area contributed by atoms with Gasteiger partial charge in [0.15, 0.2) is 5.69 Å². The molecule has 0 fully saturated rings. The van der Waals surface area contributed by atoms with Gasteiger partial charge < -0.3 is 5.11 Å². The molecule has 0 unspecified atom stereocenters. The van der Waals surface area contributed by atoms with Gasteiger partial charge in [-0.25, -0.2) is 9.48 Å². The molecular formula is C21H22N2O2. The summed E-state index contributed by atoms with van der Waals surface area (Å²) >= 11 is 0. The highest BCUT2D eigenvalue weighted by Gasteiger charge is 2.17. The lowest BCUT2D eigenvalue weighted by Crippen LogP contribution is -2.10. The van der Waals surface area contributed by atoms with Gasteiger partial charge >= 0.3 is 5.97 Å². The van der Waals surface area contributed by atoms with Gasteiger partial charge in [0.05, 0.1) is 11.4 Å². The van der Waals surface area contributed by atoms with Crippen molar-refractivity contribution >= 4 is 5.97 Å². The molecule has 128 valence electrons. The first-order valence-corrected chi connectivity index (χ1v) is 8.27. The van der Waals surface area contributed by atoms with Gasteiger partial charge in [-0.2, -0.15) is 5.10 Å². The molecule has 0 aliphatic rings. The Bertz CT molecular complexity index is 899. The molecule has 0 aliphatic heterocycles. The van der Waals surface area contributed by atoms with E-state index in [1.807, 2.05) is 43.3 Å². The third-order valence-corrected chi connectivity index (χ3v) is 4.25. The molecule has 3 aromatic rings. The monoisotopic (exact) mass is 334 g/mol. The largest absolute Gasteiger partial charge is 0.476 e. The number of nitrogens with zero attached hydrogens (tertiary/aromatic N) is 2. The molecule has 1 N–H and O–H groups in total. The van der Waals surface area contributed by atoms with E-state index in [0.29, 0.717) is 0 Å². The van der Waals surface area contributed by atoms with E-state index in [1.54, 1.807) is 10.7 Å². The van der Waals surface area contributed by atoms with E-state index in [-0.39, 0.29) is 11.1 Å². The molecule has 0 saturated heterocycles. The van der Waals surface area contributed by atoms with Crippen molar-refractivity contribution in [3.63, 3.8) is 0 Å². The third-order valence-electron chi connectivity index (χ3n) is 4.25. The number of aromatic nitrogens is 2. The van der Waals surface area contributed by atoms with Crippen LogP contribution in [0.1, 0.15) is 42.4 Å². The van der Waals surface area contributed by atoms with Crippen LogP contribution in [0.3, 0.4) is 0 Å². The molecular weight excluding hydrogens is 312 g/mol. The summed E-state index contributed by atoms with van der Waals surface area (Å²) < 4.78 is 1.69. The molecule has 0 radical (unpaired) electrons. The van der Waals surface area contributed by atoms with Crippen LogP contribution in [0.15, 0.2) is 54.6 Å². The van der Waals surface area contributed by atoms with Crippen LogP contribution in [-0.2, 0) is 5.41 Å². The van der Waals surface area contributed by atoms with E-state index in [2.05, 4.69) is 38.0 Å². The summed E-state index contributed by atoms with van der Waals surface area (Å²) in [4.78, 5) is 11.4. The van der Waals surface area contributed by atoms with Gasteiger partial charge in [-0.1, -0.05) is 62.7 Å². The van der Waals surface area contributed by atoms with Crippen molar-refractivity contribution in [2.75, 3.05) is 0 Å². The third kappa shape index (κ3) is 3.48. The van der Waals surface area contributed by atoms with E-state index in [9.17, 15) is 9.90 Å². The normalized spacial score (nSPS) is 11.5. The van der Waals surface area contributed by atoms with Crippen molar-refractivity contribution < 1.29 is 9.90 Å². The fraction of sp³-hybridized carbons (Fsp3) is 0.238. The lowest BCUT2D eigenvalue weighted by atomic mass is 9.86. The number of aryl methyl sites for hydroxylation is 1. The van der Waals surface area contributed by atoms with Gasteiger partial charge in [-0.3, -0.25) is 0 Å². The first kappa shape index (κ1) is 17.0.